The monoisotopic (exact) mass is 376 g/mol. The van der Waals surface area contributed by atoms with Gasteiger partial charge in [0.2, 0.25) is 5.75 Å². The summed E-state index contributed by atoms with van der Waals surface area (Å²) in [5.41, 5.74) is 2.13. The Balaban J connectivity index is 2.08. The van der Waals surface area contributed by atoms with Crippen LogP contribution in [0.25, 0.3) is 0 Å². The number of benzene rings is 2. The van der Waals surface area contributed by atoms with E-state index in [1.165, 1.54) is 13.2 Å². The van der Waals surface area contributed by atoms with Crippen LogP contribution in [-0.4, -0.2) is 26.1 Å². The lowest BCUT2D eigenvalue weighted by Gasteiger charge is -2.21. The SMILES string of the molecule is COc1ccc(C2Cc3ccccc3C2=O)c(OCC(C)C)c1OC(F)F. The highest BCUT2D eigenvalue weighted by atomic mass is 19.3. The molecule has 0 bridgehead atoms. The second kappa shape index (κ2) is 7.94. The van der Waals surface area contributed by atoms with E-state index in [1.807, 2.05) is 32.0 Å². The largest absolute Gasteiger partial charge is 0.493 e. The molecule has 144 valence electrons. The highest BCUT2D eigenvalue weighted by Gasteiger charge is 2.35. The molecular formula is C21H22F2O4. The molecule has 1 unspecified atom stereocenters. The van der Waals surface area contributed by atoms with Gasteiger partial charge in [-0.2, -0.15) is 8.78 Å². The van der Waals surface area contributed by atoms with Crippen molar-refractivity contribution in [3.05, 3.63) is 53.1 Å². The Morgan fingerprint density at radius 1 is 1.11 bits per heavy atom. The average molecular weight is 376 g/mol. The molecule has 0 saturated carbocycles. The van der Waals surface area contributed by atoms with E-state index < -0.39 is 12.5 Å². The summed E-state index contributed by atoms with van der Waals surface area (Å²) in [5.74, 6) is -0.270. The molecule has 27 heavy (non-hydrogen) atoms. The second-order valence-electron chi connectivity index (χ2n) is 6.88. The fourth-order valence-corrected chi connectivity index (χ4v) is 3.28. The lowest BCUT2D eigenvalue weighted by atomic mass is 9.93. The van der Waals surface area contributed by atoms with E-state index in [-0.39, 0.29) is 28.9 Å². The van der Waals surface area contributed by atoms with Crippen molar-refractivity contribution in [2.24, 2.45) is 5.92 Å². The normalized spacial score (nSPS) is 16.0. The Kier molecular flexibility index (Phi) is 5.63. The van der Waals surface area contributed by atoms with Crippen molar-refractivity contribution in [1.82, 2.24) is 0 Å². The van der Waals surface area contributed by atoms with Crippen LogP contribution in [0.3, 0.4) is 0 Å². The molecule has 6 heteroatoms. The topological polar surface area (TPSA) is 44.8 Å². The summed E-state index contributed by atoms with van der Waals surface area (Å²) in [4.78, 5) is 12.9. The molecule has 0 radical (unpaired) electrons. The van der Waals surface area contributed by atoms with Gasteiger partial charge in [0, 0.05) is 11.1 Å². The van der Waals surface area contributed by atoms with Crippen LogP contribution in [0.4, 0.5) is 8.78 Å². The summed E-state index contributed by atoms with van der Waals surface area (Å²) in [6, 6.07) is 10.6. The molecule has 0 amide bonds. The van der Waals surface area contributed by atoms with Crippen molar-refractivity contribution in [3.8, 4) is 17.2 Å². The van der Waals surface area contributed by atoms with Crippen molar-refractivity contribution in [1.29, 1.82) is 0 Å². The summed E-state index contributed by atoms with van der Waals surface area (Å²) >= 11 is 0. The molecule has 2 aromatic rings. The van der Waals surface area contributed by atoms with Crippen LogP contribution in [0.15, 0.2) is 36.4 Å². The number of rotatable bonds is 7. The fourth-order valence-electron chi connectivity index (χ4n) is 3.28. The van der Waals surface area contributed by atoms with Crippen LogP contribution in [0, 0.1) is 5.92 Å². The Bertz CT molecular complexity index is 833. The third-order valence-corrected chi connectivity index (χ3v) is 4.49. The molecular weight excluding hydrogens is 354 g/mol. The van der Waals surface area contributed by atoms with Crippen LogP contribution in [0.2, 0.25) is 0 Å². The molecule has 0 heterocycles. The molecule has 0 N–H and O–H groups in total. The quantitative estimate of drug-likeness (QED) is 0.693. The number of carbonyl (C=O) groups is 1. The van der Waals surface area contributed by atoms with Crippen molar-refractivity contribution in [3.63, 3.8) is 0 Å². The van der Waals surface area contributed by atoms with E-state index in [0.717, 1.165) is 5.56 Å². The number of carbonyl (C=O) groups excluding carboxylic acids is 1. The summed E-state index contributed by atoms with van der Waals surface area (Å²) in [6.45, 7) is 1.16. The number of halogens is 2. The van der Waals surface area contributed by atoms with Crippen LogP contribution in [0.1, 0.15) is 41.3 Å². The van der Waals surface area contributed by atoms with Gasteiger partial charge >= 0.3 is 6.61 Å². The smallest absolute Gasteiger partial charge is 0.387 e. The van der Waals surface area contributed by atoms with Crippen molar-refractivity contribution in [2.45, 2.75) is 32.8 Å². The number of hydrogen-bond acceptors (Lipinski definition) is 4. The van der Waals surface area contributed by atoms with Gasteiger partial charge in [-0.3, -0.25) is 4.79 Å². The van der Waals surface area contributed by atoms with Gasteiger partial charge in [-0.15, -0.1) is 0 Å². The highest BCUT2D eigenvalue weighted by Crippen LogP contribution is 2.47. The maximum absolute atomic E-state index is 13.0. The number of methoxy groups -OCH3 is 1. The maximum atomic E-state index is 13.0. The van der Waals surface area contributed by atoms with Gasteiger partial charge in [-0.05, 0) is 24.0 Å². The highest BCUT2D eigenvalue weighted by molar-refractivity contribution is 6.05. The van der Waals surface area contributed by atoms with Gasteiger partial charge in [0.25, 0.3) is 0 Å². The van der Waals surface area contributed by atoms with Gasteiger partial charge < -0.3 is 14.2 Å². The fraction of sp³-hybridized carbons (Fsp3) is 0.381. The number of hydrogen-bond donors (Lipinski definition) is 0. The molecule has 1 atom stereocenters. The van der Waals surface area contributed by atoms with E-state index in [0.29, 0.717) is 24.2 Å². The number of ether oxygens (including phenoxy) is 3. The lowest BCUT2D eigenvalue weighted by Crippen LogP contribution is -2.14. The summed E-state index contributed by atoms with van der Waals surface area (Å²) < 4.78 is 41.8. The van der Waals surface area contributed by atoms with Crippen molar-refractivity contribution < 1.29 is 27.8 Å². The zero-order chi connectivity index (χ0) is 19.6. The zero-order valence-electron chi connectivity index (χ0n) is 15.5. The minimum atomic E-state index is -3.04. The molecule has 3 rings (SSSR count). The third kappa shape index (κ3) is 3.89. The zero-order valence-corrected chi connectivity index (χ0v) is 15.5. The Labute approximate surface area is 157 Å². The summed E-state index contributed by atoms with van der Waals surface area (Å²) in [7, 11) is 1.37. The molecule has 0 aliphatic heterocycles. The van der Waals surface area contributed by atoms with Crippen molar-refractivity contribution in [2.75, 3.05) is 13.7 Å². The van der Waals surface area contributed by atoms with Gasteiger partial charge in [-0.1, -0.05) is 44.2 Å². The minimum absolute atomic E-state index is 0.0480. The first-order chi connectivity index (χ1) is 12.9. The first-order valence-corrected chi connectivity index (χ1v) is 8.83. The van der Waals surface area contributed by atoms with E-state index in [1.54, 1.807) is 12.1 Å². The third-order valence-electron chi connectivity index (χ3n) is 4.49. The van der Waals surface area contributed by atoms with Gasteiger partial charge in [-0.25, -0.2) is 0 Å². The number of fused-ring (bicyclic) bond motifs is 1. The van der Waals surface area contributed by atoms with Crippen LogP contribution in [-0.2, 0) is 6.42 Å². The van der Waals surface area contributed by atoms with Crippen molar-refractivity contribution >= 4 is 5.78 Å². The van der Waals surface area contributed by atoms with Crippen LogP contribution < -0.4 is 14.2 Å². The molecule has 1 aliphatic carbocycles. The maximum Gasteiger partial charge on any atom is 0.387 e. The molecule has 1 aliphatic rings. The molecule has 0 saturated heterocycles. The minimum Gasteiger partial charge on any atom is -0.493 e. The standard InChI is InChI=1S/C21H22F2O4/c1-12(2)11-26-19-15(8-9-17(25-3)20(19)27-21(22)23)16-10-13-6-4-5-7-14(13)18(16)24/h4-9,12,16,21H,10-11H2,1-3H3. The van der Waals surface area contributed by atoms with Gasteiger partial charge in [0.1, 0.15) is 0 Å². The predicted molar refractivity (Wildman–Crippen MR) is 97.2 cm³/mol. The Hall–Kier alpha value is -2.63. The number of ketones is 1. The van der Waals surface area contributed by atoms with Crippen LogP contribution in [0.5, 0.6) is 17.2 Å². The first-order valence-electron chi connectivity index (χ1n) is 8.83. The summed E-state index contributed by atoms with van der Waals surface area (Å²) in [6.07, 6.45) is 0.494. The average Bonchev–Trinajstić information content (AvgIpc) is 2.96. The first kappa shape index (κ1) is 19.1. The van der Waals surface area contributed by atoms with Crippen LogP contribution >= 0.6 is 0 Å². The second-order valence-corrected chi connectivity index (χ2v) is 6.88. The van der Waals surface area contributed by atoms with E-state index >= 15 is 0 Å². The summed E-state index contributed by atoms with van der Waals surface area (Å²) in [5, 5.41) is 0. The number of Topliss-reactive ketones (excluding diaryl/α,β-unsaturated/α-hetero) is 1. The predicted octanol–water partition coefficient (Wildman–Crippen LogP) is 4.85. The molecule has 2 aromatic carbocycles. The lowest BCUT2D eigenvalue weighted by molar-refractivity contribution is -0.0530. The van der Waals surface area contributed by atoms with E-state index in [9.17, 15) is 13.6 Å². The molecule has 0 fully saturated rings. The van der Waals surface area contributed by atoms with Gasteiger partial charge in [0.15, 0.2) is 17.3 Å². The molecule has 0 spiro atoms. The van der Waals surface area contributed by atoms with E-state index in [4.69, 9.17) is 14.2 Å². The Morgan fingerprint density at radius 2 is 1.85 bits per heavy atom. The number of alkyl halides is 2. The Morgan fingerprint density at radius 3 is 2.48 bits per heavy atom. The molecule has 0 aromatic heterocycles. The van der Waals surface area contributed by atoms with Gasteiger partial charge in [0.05, 0.1) is 19.6 Å². The molecule has 4 nitrogen and oxygen atoms in total. The van der Waals surface area contributed by atoms with E-state index in [2.05, 4.69) is 0 Å².